The van der Waals surface area contributed by atoms with Gasteiger partial charge in [-0.25, -0.2) is 10.2 Å². The number of rotatable bonds is 2. The summed E-state index contributed by atoms with van der Waals surface area (Å²) in [5.74, 6) is 0. The second-order valence-corrected chi connectivity index (χ2v) is 0.735. The lowest BCUT2D eigenvalue weighted by Gasteiger charge is -2.18. The molecule has 0 bridgehead atoms. The Morgan fingerprint density at radius 2 is 2.33 bits per heavy atom. The van der Waals surface area contributed by atoms with Crippen LogP contribution in [0, 0.1) is 5.21 Å². The van der Waals surface area contributed by atoms with Gasteiger partial charge in [-0.3, -0.25) is 0 Å². The molecule has 6 heavy (non-hydrogen) atoms. The largest absolute Gasteiger partial charge is 0.761 e. The molecule has 0 amide bonds. The molecule has 0 aliphatic heterocycles. The first kappa shape index (κ1) is 5.84. The molecular formula is C2H7N2O2-. The van der Waals surface area contributed by atoms with Crippen molar-refractivity contribution in [1.29, 1.82) is 0 Å². The number of hydrogen-bond acceptors (Lipinski definition) is 4. The van der Waals surface area contributed by atoms with Crippen molar-refractivity contribution in [3.05, 3.63) is 5.21 Å². The summed E-state index contributed by atoms with van der Waals surface area (Å²) in [6.07, 6.45) is 0. The lowest BCUT2D eigenvalue weighted by atomic mass is 11.5. The molecule has 4 heteroatoms. The third kappa shape index (κ3) is 3.84. The number of nitrogens with one attached hydrogen (secondary N) is 1. The van der Waals surface area contributed by atoms with E-state index in [4.69, 9.17) is 0 Å². The van der Waals surface area contributed by atoms with Gasteiger partial charge >= 0.3 is 0 Å². The Balaban J connectivity index is 2.63. The molecule has 0 radical (unpaired) electrons. The SMILES string of the molecule is CNON(C)[O-]. The van der Waals surface area contributed by atoms with Gasteiger partial charge in [0.2, 0.25) is 0 Å². The third-order valence-electron chi connectivity index (χ3n) is 0.220. The van der Waals surface area contributed by atoms with Gasteiger partial charge in [0.05, 0.1) is 0 Å². The van der Waals surface area contributed by atoms with Crippen molar-refractivity contribution in [3.8, 4) is 0 Å². The van der Waals surface area contributed by atoms with Crippen LogP contribution in [-0.4, -0.2) is 19.3 Å². The summed E-state index contributed by atoms with van der Waals surface area (Å²) in [6.45, 7) is 0. The lowest BCUT2D eigenvalue weighted by molar-refractivity contribution is -0.152. The minimum Gasteiger partial charge on any atom is -0.761 e. The molecule has 0 rings (SSSR count). The van der Waals surface area contributed by atoms with Crippen molar-refractivity contribution < 1.29 is 4.94 Å². The third-order valence-corrected chi connectivity index (χ3v) is 0.220. The van der Waals surface area contributed by atoms with Crippen LogP contribution in [-0.2, 0) is 4.94 Å². The van der Waals surface area contributed by atoms with Gasteiger partial charge in [-0.05, 0) is 0 Å². The van der Waals surface area contributed by atoms with Crippen LogP contribution in [0.5, 0.6) is 0 Å². The van der Waals surface area contributed by atoms with E-state index in [1.807, 2.05) is 0 Å². The first-order valence-corrected chi connectivity index (χ1v) is 1.52. The van der Waals surface area contributed by atoms with Gasteiger partial charge in [-0.1, -0.05) is 0 Å². The topological polar surface area (TPSA) is 47.6 Å². The van der Waals surface area contributed by atoms with Crippen LogP contribution in [0.4, 0.5) is 0 Å². The zero-order valence-electron chi connectivity index (χ0n) is 3.76. The highest BCUT2D eigenvalue weighted by Gasteiger charge is 1.68. The minimum atomic E-state index is 0.319. The summed E-state index contributed by atoms with van der Waals surface area (Å²) in [5, 5.41) is 10.00. The summed E-state index contributed by atoms with van der Waals surface area (Å²) in [4.78, 5) is 4.07. The van der Waals surface area contributed by atoms with Gasteiger partial charge in [-0.15, -0.1) is 0 Å². The second-order valence-electron chi connectivity index (χ2n) is 0.735. The first-order chi connectivity index (χ1) is 2.77. The van der Waals surface area contributed by atoms with Crippen molar-refractivity contribution in [2.24, 2.45) is 0 Å². The Kier molecular flexibility index (Phi) is 2.97. The second kappa shape index (κ2) is 3.05. The van der Waals surface area contributed by atoms with Crippen molar-refractivity contribution in [2.45, 2.75) is 0 Å². The first-order valence-electron chi connectivity index (χ1n) is 1.52. The summed E-state index contributed by atoms with van der Waals surface area (Å²) in [5.41, 5.74) is 2.18. The highest BCUT2D eigenvalue weighted by Crippen LogP contribution is 1.67. The fourth-order valence-electron chi connectivity index (χ4n) is 0.129. The van der Waals surface area contributed by atoms with E-state index in [9.17, 15) is 5.21 Å². The molecule has 4 nitrogen and oxygen atoms in total. The Hall–Kier alpha value is -0.160. The average Bonchev–Trinajstić information content (AvgIpc) is 1.35. The molecule has 0 spiro atoms. The summed E-state index contributed by atoms with van der Waals surface area (Å²) in [7, 11) is 2.75. The number of nitrogens with zero attached hydrogens (tertiary/aromatic N) is 1. The molecule has 0 saturated heterocycles. The van der Waals surface area contributed by atoms with E-state index in [1.54, 1.807) is 0 Å². The van der Waals surface area contributed by atoms with Crippen LogP contribution in [0.25, 0.3) is 0 Å². The summed E-state index contributed by atoms with van der Waals surface area (Å²) >= 11 is 0. The van der Waals surface area contributed by atoms with Gasteiger partial charge < -0.3 is 5.21 Å². The maximum absolute atomic E-state index is 9.68. The molecule has 0 saturated carbocycles. The highest BCUT2D eigenvalue weighted by molar-refractivity contribution is 4.19. The highest BCUT2D eigenvalue weighted by atomic mass is 17.0. The molecule has 0 heterocycles. The van der Waals surface area contributed by atoms with Gasteiger partial charge in [0, 0.05) is 14.1 Å². The molecular weight excluding hydrogens is 84.0 g/mol. The predicted molar refractivity (Wildman–Crippen MR) is 21.3 cm³/mol. The van der Waals surface area contributed by atoms with E-state index < -0.39 is 0 Å². The van der Waals surface area contributed by atoms with Crippen LogP contribution in [0.3, 0.4) is 0 Å². The Bertz CT molecular complexity index is 30.7. The van der Waals surface area contributed by atoms with E-state index in [1.165, 1.54) is 14.1 Å². The van der Waals surface area contributed by atoms with E-state index in [0.29, 0.717) is 5.23 Å². The molecule has 0 aromatic rings. The van der Waals surface area contributed by atoms with Crippen molar-refractivity contribution >= 4 is 0 Å². The van der Waals surface area contributed by atoms with Gasteiger partial charge in [0.25, 0.3) is 0 Å². The van der Waals surface area contributed by atoms with Crippen molar-refractivity contribution in [1.82, 2.24) is 10.7 Å². The molecule has 0 fully saturated rings. The minimum absolute atomic E-state index is 0.319. The lowest BCUT2D eigenvalue weighted by Crippen LogP contribution is -2.19. The zero-order chi connectivity index (χ0) is 4.99. The molecule has 0 aliphatic rings. The maximum atomic E-state index is 9.68. The monoisotopic (exact) mass is 91.1 g/mol. The molecule has 0 aromatic heterocycles. The van der Waals surface area contributed by atoms with E-state index in [-0.39, 0.29) is 0 Å². The Morgan fingerprint density at radius 1 is 1.83 bits per heavy atom. The molecule has 0 atom stereocenters. The van der Waals surface area contributed by atoms with Crippen LogP contribution in [0.2, 0.25) is 0 Å². The number of hydroxylamine groups is 3. The molecule has 0 unspecified atom stereocenters. The predicted octanol–water partition coefficient (Wildman–Crippen LogP) is -0.518. The number of hydrogen-bond donors (Lipinski definition) is 1. The fraction of sp³-hybridized carbons (Fsp3) is 1.00. The Morgan fingerprint density at radius 3 is 2.33 bits per heavy atom. The standard InChI is InChI=1S/C2H7N2O2/c1-3-6-4(2)5/h3H,1-2H3/q-1. The average molecular weight is 91.1 g/mol. The smallest absolute Gasteiger partial charge is 0.0114 e. The van der Waals surface area contributed by atoms with Crippen LogP contribution >= 0.6 is 0 Å². The van der Waals surface area contributed by atoms with Crippen molar-refractivity contribution in [3.63, 3.8) is 0 Å². The van der Waals surface area contributed by atoms with E-state index in [0.717, 1.165) is 0 Å². The molecule has 0 aliphatic carbocycles. The molecule has 1 N–H and O–H groups in total. The van der Waals surface area contributed by atoms with Crippen LogP contribution in [0.1, 0.15) is 0 Å². The Labute approximate surface area is 36.2 Å². The normalized spacial score (nSPS) is 10.0. The molecule has 38 valence electrons. The van der Waals surface area contributed by atoms with Crippen LogP contribution in [0.15, 0.2) is 0 Å². The van der Waals surface area contributed by atoms with Gasteiger partial charge in [0.15, 0.2) is 0 Å². The van der Waals surface area contributed by atoms with Gasteiger partial charge in [-0.2, -0.15) is 5.48 Å². The summed E-state index contributed by atoms with van der Waals surface area (Å²) < 4.78 is 0. The van der Waals surface area contributed by atoms with Crippen LogP contribution < -0.4 is 5.48 Å². The van der Waals surface area contributed by atoms with Gasteiger partial charge in [0.1, 0.15) is 0 Å². The fourth-order valence-corrected chi connectivity index (χ4v) is 0.129. The van der Waals surface area contributed by atoms with Crippen molar-refractivity contribution in [2.75, 3.05) is 14.1 Å². The summed E-state index contributed by atoms with van der Waals surface area (Å²) in [6, 6.07) is 0. The zero-order valence-corrected chi connectivity index (χ0v) is 3.76. The molecule has 0 aromatic carbocycles. The maximum Gasteiger partial charge on any atom is 0.0114 e. The van der Waals surface area contributed by atoms with E-state index >= 15 is 0 Å². The van der Waals surface area contributed by atoms with E-state index in [2.05, 4.69) is 10.4 Å². The quantitative estimate of drug-likeness (QED) is 0.464.